The van der Waals surface area contributed by atoms with Crippen molar-refractivity contribution in [2.24, 2.45) is 0 Å². The first-order chi connectivity index (χ1) is 39.5. The van der Waals surface area contributed by atoms with E-state index in [-0.39, 0.29) is 109 Å². The number of hydrogen-bond donors (Lipinski definition) is 4. The van der Waals surface area contributed by atoms with Gasteiger partial charge in [-0.2, -0.15) is 0 Å². The molecule has 83 heavy (non-hydrogen) atoms. The Balaban J connectivity index is 0.000000180. The van der Waals surface area contributed by atoms with Gasteiger partial charge in [0.15, 0.2) is 0 Å². The van der Waals surface area contributed by atoms with Gasteiger partial charge in [0.25, 0.3) is 35.0 Å². The maximum atomic E-state index is 15.1. The Bertz CT molecular complexity index is 3350. The molecular formula is C52H52F2N12O17. The van der Waals surface area contributed by atoms with Crippen molar-refractivity contribution in [3.63, 3.8) is 0 Å². The number of non-ortho nitro benzene ring substituents is 2. The number of nitrogens with one attached hydrogen (secondary N) is 3. The maximum Gasteiger partial charge on any atom is 0.414 e. The van der Waals surface area contributed by atoms with E-state index in [0.717, 1.165) is 61.4 Å². The highest BCUT2D eigenvalue weighted by atomic mass is 19.1. The first-order valence-corrected chi connectivity index (χ1v) is 25.5. The lowest BCUT2D eigenvalue weighted by atomic mass is 10.1. The van der Waals surface area contributed by atoms with Gasteiger partial charge >= 0.3 is 18.2 Å². The van der Waals surface area contributed by atoms with Crippen LogP contribution < -0.4 is 35.6 Å². The molecule has 4 saturated heterocycles. The second-order valence-corrected chi connectivity index (χ2v) is 19.2. The van der Waals surface area contributed by atoms with Gasteiger partial charge in [0, 0.05) is 90.5 Å². The normalized spacial score (nSPS) is 18.1. The number of carboxylic acids is 1. The van der Waals surface area contributed by atoms with Gasteiger partial charge in [-0.3, -0.25) is 78.2 Å². The molecule has 0 bridgehead atoms. The molecule has 4 aromatic carbocycles. The van der Waals surface area contributed by atoms with E-state index in [9.17, 15) is 72.6 Å². The van der Waals surface area contributed by atoms with Gasteiger partial charge in [-0.1, -0.05) is 0 Å². The molecule has 10 rings (SSSR count). The SMILES string of the molecule is CC(=O)NC[C@H]1CN(c2ccc(N3CCN(C(=O)CN4C(=O)c5ccc([N+](=O)[O-])cc5C4=O)CC3)c(F)c2)C(=O)O1.CC(=O)NC[C@H]1CN(c2ccc(N3CCNCC3)c(F)c2)C(=O)O1.O=C(O)CN1C(=O)c2ccc([N+](=O)[O-])cc2C1=O. The average molecular weight is 1160 g/mol. The van der Waals surface area contributed by atoms with E-state index >= 15 is 4.39 Å². The maximum absolute atomic E-state index is 15.1. The van der Waals surface area contributed by atoms with E-state index < -0.39 is 88.7 Å². The number of cyclic esters (lactones) is 2. The number of imide groups is 2. The largest absolute Gasteiger partial charge is 0.480 e. The van der Waals surface area contributed by atoms with E-state index in [0.29, 0.717) is 22.0 Å². The van der Waals surface area contributed by atoms with Crippen molar-refractivity contribution in [1.82, 2.24) is 30.7 Å². The second-order valence-electron chi connectivity index (χ2n) is 19.2. The lowest BCUT2D eigenvalue weighted by Gasteiger charge is -2.36. The highest BCUT2D eigenvalue weighted by Crippen LogP contribution is 2.32. The molecule has 0 spiro atoms. The van der Waals surface area contributed by atoms with Crippen molar-refractivity contribution in [2.45, 2.75) is 26.1 Å². The molecule has 436 valence electrons. The highest BCUT2D eigenvalue weighted by Gasteiger charge is 2.41. The van der Waals surface area contributed by atoms with Crippen LogP contribution in [-0.4, -0.2) is 193 Å². The van der Waals surface area contributed by atoms with Crippen LogP contribution in [0.2, 0.25) is 0 Å². The Labute approximate surface area is 468 Å². The fraction of sp³-hybridized carbons (Fsp3) is 0.346. The number of benzene rings is 4. The summed E-state index contributed by atoms with van der Waals surface area (Å²) in [5.74, 6) is -6.24. The summed E-state index contributed by atoms with van der Waals surface area (Å²) in [4.78, 5) is 148. The summed E-state index contributed by atoms with van der Waals surface area (Å²) in [6.07, 6.45) is -2.16. The molecule has 6 aliphatic rings. The minimum Gasteiger partial charge on any atom is -0.480 e. The van der Waals surface area contributed by atoms with Crippen molar-refractivity contribution >= 4 is 93.6 Å². The number of nitrogens with zero attached hydrogens (tertiary/aromatic N) is 9. The van der Waals surface area contributed by atoms with Crippen LogP contribution in [0.1, 0.15) is 55.3 Å². The zero-order chi connectivity index (χ0) is 60.0. The second kappa shape index (κ2) is 25.1. The minimum atomic E-state index is -1.33. The summed E-state index contributed by atoms with van der Waals surface area (Å²) in [5.41, 5.74) is 0.653. The van der Waals surface area contributed by atoms with Crippen molar-refractivity contribution in [1.29, 1.82) is 0 Å². The monoisotopic (exact) mass is 1150 g/mol. The summed E-state index contributed by atoms with van der Waals surface area (Å²) in [5, 5.41) is 38.6. The molecule has 0 aromatic heterocycles. The Kier molecular flexibility index (Phi) is 17.8. The predicted octanol–water partition coefficient (Wildman–Crippen LogP) is 2.11. The lowest BCUT2D eigenvalue weighted by Crippen LogP contribution is -2.52. The predicted molar refractivity (Wildman–Crippen MR) is 284 cm³/mol. The Hall–Kier alpha value is -10.2. The molecule has 0 radical (unpaired) electrons. The third-order valence-corrected chi connectivity index (χ3v) is 13.7. The van der Waals surface area contributed by atoms with Crippen LogP contribution in [0.5, 0.6) is 0 Å². The third-order valence-electron chi connectivity index (χ3n) is 13.7. The van der Waals surface area contributed by atoms with E-state index in [1.165, 1.54) is 52.8 Å². The number of carbonyl (C=O) groups excluding carboxylic acids is 9. The van der Waals surface area contributed by atoms with Gasteiger partial charge < -0.3 is 45.2 Å². The molecule has 31 heteroatoms. The van der Waals surface area contributed by atoms with Gasteiger partial charge in [0.1, 0.15) is 36.9 Å². The van der Waals surface area contributed by atoms with Crippen molar-refractivity contribution in [2.75, 3.05) is 111 Å². The number of aliphatic carboxylic acids is 1. The Morgan fingerprint density at radius 3 is 1.40 bits per heavy atom. The van der Waals surface area contributed by atoms with E-state index in [4.69, 9.17) is 14.6 Å². The molecule has 6 aliphatic heterocycles. The van der Waals surface area contributed by atoms with Crippen molar-refractivity contribution in [3.05, 3.63) is 127 Å². The Morgan fingerprint density at radius 1 is 0.590 bits per heavy atom. The molecule has 4 aromatic rings. The van der Waals surface area contributed by atoms with Gasteiger partial charge in [0.2, 0.25) is 17.7 Å². The summed E-state index contributed by atoms with van der Waals surface area (Å²) in [7, 11) is 0. The fourth-order valence-corrected chi connectivity index (χ4v) is 9.58. The van der Waals surface area contributed by atoms with Crippen LogP contribution in [-0.2, 0) is 28.7 Å². The molecule has 0 aliphatic carbocycles. The van der Waals surface area contributed by atoms with Crippen LogP contribution >= 0.6 is 0 Å². The molecular weight excluding hydrogens is 1100 g/mol. The van der Waals surface area contributed by atoms with E-state index in [2.05, 4.69) is 16.0 Å². The number of fused-ring (bicyclic) bond motifs is 2. The summed E-state index contributed by atoms with van der Waals surface area (Å²) in [6.45, 7) is 6.43. The van der Waals surface area contributed by atoms with Crippen molar-refractivity contribution < 1.29 is 81.2 Å². The number of ether oxygens (including phenoxy) is 2. The number of rotatable bonds is 14. The molecule has 4 N–H and O–H groups in total. The number of piperazine rings is 2. The number of carboxylic acid groups (broad SMARTS) is 1. The standard InChI is InChI=1S/C26H25FN6O8.C16H21FN4O3.C10H6N2O6/c1-15(34)28-12-18-13-31(26(38)41-18)16-3-5-22(21(27)11-16)29-6-8-30(9-7-29)23(35)14-32-24(36)19-4-2-17(33(39)40)10-20(19)25(32)37;1-11(22)19-9-13-10-21(16(23)24-13)12-2-3-15(14(17)8-12)20-6-4-18-5-7-20;13-8(14)4-11-9(15)6-2-1-5(12(17)18)3-7(6)10(11)16/h2-5,10-11,18H,6-9,12-14H2,1H3,(H,28,34);2-3,8,13,18H,4-7,9-10H2,1H3,(H,19,22);1-3H,4H2,(H,13,14)/t18-;13-;/m00./s1. The van der Waals surface area contributed by atoms with Gasteiger partial charge in [0.05, 0.1) is 81.0 Å². The number of halogens is 2. The highest BCUT2D eigenvalue weighted by molar-refractivity contribution is 6.23. The quantitative estimate of drug-likeness (QED) is 0.0798. The molecule has 2 atom stereocenters. The molecule has 29 nitrogen and oxygen atoms in total. The summed E-state index contributed by atoms with van der Waals surface area (Å²) < 4.78 is 40.0. The molecule has 4 fully saturated rings. The number of amides is 9. The molecule has 6 heterocycles. The Morgan fingerprint density at radius 2 is 1.00 bits per heavy atom. The van der Waals surface area contributed by atoms with Gasteiger partial charge in [-0.25, -0.2) is 18.4 Å². The fourth-order valence-electron chi connectivity index (χ4n) is 9.58. The number of carbonyl (C=O) groups is 10. The van der Waals surface area contributed by atoms with E-state index in [1.807, 2.05) is 4.90 Å². The van der Waals surface area contributed by atoms with Crippen LogP contribution in [0.3, 0.4) is 0 Å². The van der Waals surface area contributed by atoms with Crippen LogP contribution in [0.25, 0.3) is 0 Å². The van der Waals surface area contributed by atoms with Crippen LogP contribution in [0.4, 0.5) is 52.5 Å². The average Bonchev–Trinajstić information content (AvgIpc) is 3.58. The summed E-state index contributed by atoms with van der Waals surface area (Å²) >= 11 is 0. The number of nitro groups is 2. The molecule has 0 unspecified atom stereocenters. The lowest BCUT2D eigenvalue weighted by molar-refractivity contribution is -0.385. The van der Waals surface area contributed by atoms with Gasteiger partial charge in [-0.15, -0.1) is 0 Å². The van der Waals surface area contributed by atoms with Crippen molar-refractivity contribution in [3.8, 4) is 0 Å². The zero-order valence-corrected chi connectivity index (χ0v) is 44.2. The first kappa shape index (κ1) is 58.9. The summed E-state index contributed by atoms with van der Waals surface area (Å²) in [6, 6.07) is 15.7. The number of nitro benzene ring substituents is 2. The zero-order valence-electron chi connectivity index (χ0n) is 44.2. The van der Waals surface area contributed by atoms with Gasteiger partial charge in [-0.05, 0) is 48.5 Å². The molecule has 9 amide bonds. The first-order valence-electron chi connectivity index (χ1n) is 25.5. The number of hydrogen-bond acceptors (Lipinski definition) is 19. The smallest absolute Gasteiger partial charge is 0.414 e. The third kappa shape index (κ3) is 13.4. The van der Waals surface area contributed by atoms with Crippen LogP contribution in [0, 0.1) is 31.9 Å². The van der Waals surface area contributed by atoms with E-state index in [1.54, 1.807) is 23.1 Å². The van der Waals surface area contributed by atoms with Crippen LogP contribution in [0.15, 0.2) is 72.8 Å². The topological polar surface area (TPSA) is 354 Å². The number of anilines is 4. The molecule has 0 saturated carbocycles. The minimum absolute atomic E-state index is 0.00239.